The summed E-state index contributed by atoms with van der Waals surface area (Å²) < 4.78 is 70.4. The quantitative estimate of drug-likeness (QED) is 0.717. The summed E-state index contributed by atoms with van der Waals surface area (Å²) in [4.78, 5) is 5.91. The van der Waals surface area contributed by atoms with Crippen molar-refractivity contribution in [2.24, 2.45) is 0 Å². The summed E-state index contributed by atoms with van der Waals surface area (Å²) in [6, 6.07) is 3.82. The van der Waals surface area contributed by atoms with Crippen LogP contribution in [0.4, 0.5) is 13.2 Å². The van der Waals surface area contributed by atoms with Crippen LogP contribution in [0.15, 0.2) is 33.7 Å². The molecule has 0 spiro atoms. The summed E-state index contributed by atoms with van der Waals surface area (Å²) in [7, 11) is -3.99. The summed E-state index contributed by atoms with van der Waals surface area (Å²) in [5.74, 6) is 1.11. The van der Waals surface area contributed by atoms with Gasteiger partial charge in [-0.3, -0.25) is 4.90 Å². The maximum absolute atomic E-state index is 12.9. The molecule has 154 valence electrons. The lowest BCUT2D eigenvalue weighted by Gasteiger charge is -2.33. The van der Waals surface area contributed by atoms with Gasteiger partial charge < -0.3 is 4.52 Å². The minimum Gasteiger partial charge on any atom is -0.338 e. The van der Waals surface area contributed by atoms with E-state index < -0.39 is 21.8 Å². The van der Waals surface area contributed by atoms with E-state index in [1.807, 2.05) is 11.8 Å². The third-order valence-electron chi connectivity index (χ3n) is 4.47. The van der Waals surface area contributed by atoms with Crippen LogP contribution in [-0.2, 0) is 29.2 Å². The van der Waals surface area contributed by atoms with Gasteiger partial charge in [0.05, 0.1) is 17.0 Å². The summed E-state index contributed by atoms with van der Waals surface area (Å²) in [5.41, 5.74) is -0.980. The molecule has 0 atom stereocenters. The molecule has 28 heavy (non-hydrogen) atoms. The van der Waals surface area contributed by atoms with Crippen molar-refractivity contribution >= 4 is 10.0 Å². The molecule has 0 aliphatic carbocycles. The Hall–Kier alpha value is -1.98. The van der Waals surface area contributed by atoms with Crippen molar-refractivity contribution in [2.45, 2.75) is 37.4 Å². The van der Waals surface area contributed by atoms with Crippen LogP contribution in [0.25, 0.3) is 0 Å². The largest absolute Gasteiger partial charge is 0.416 e. The van der Waals surface area contributed by atoms with Gasteiger partial charge in [0.2, 0.25) is 15.9 Å². The van der Waals surface area contributed by atoms with E-state index in [4.69, 9.17) is 4.52 Å². The molecule has 0 N–H and O–H groups in total. The molecular weight excluding hydrogens is 397 g/mol. The molecule has 2 heterocycles. The fraction of sp³-hybridized carbons (Fsp3) is 0.529. The van der Waals surface area contributed by atoms with Crippen LogP contribution in [-0.4, -0.2) is 53.9 Å². The van der Waals surface area contributed by atoms with Gasteiger partial charge in [-0.25, -0.2) is 8.42 Å². The van der Waals surface area contributed by atoms with Gasteiger partial charge in [-0.05, 0) is 24.6 Å². The van der Waals surface area contributed by atoms with Crippen molar-refractivity contribution in [3.63, 3.8) is 0 Å². The standard InChI is InChI=1S/C17H21F3N4O3S/c1-2-4-15-21-16(27-22-15)12-23-7-9-24(10-8-23)28(25,26)14-6-3-5-13(11-14)17(18,19)20/h3,5-6,11H,2,4,7-10,12H2,1H3. The van der Waals surface area contributed by atoms with Crippen LogP contribution in [0.3, 0.4) is 0 Å². The third kappa shape index (κ3) is 4.70. The first-order chi connectivity index (χ1) is 13.2. The number of alkyl halides is 3. The van der Waals surface area contributed by atoms with E-state index in [9.17, 15) is 21.6 Å². The zero-order chi connectivity index (χ0) is 20.4. The van der Waals surface area contributed by atoms with E-state index in [2.05, 4.69) is 10.1 Å². The highest BCUT2D eigenvalue weighted by molar-refractivity contribution is 7.89. The molecule has 0 radical (unpaired) electrons. The number of hydrogen-bond acceptors (Lipinski definition) is 6. The summed E-state index contributed by atoms with van der Waals surface area (Å²) in [6.45, 7) is 3.62. The topological polar surface area (TPSA) is 79.5 Å². The Balaban J connectivity index is 1.63. The lowest BCUT2D eigenvalue weighted by molar-refractivity contribution is -0.137. The number of aryl methyl sites for hydroxylation is 1. The fourth-order valence-corrected chi connectivity index (χ4v) is 4.45. The van der Waals surface area contributed by atoms with Gasteiger partial charge in [0.15, 0.2) is 5.82 Å². The number of aromatic nitrogens is 2. The van der Waals surface area contributed by atoms with Crippen LogP contribution < -0.4 is 0 Å². The van der Waals surface area contributed by atoms with Gasteiger partial charge >= 0.3 is 6.18 Å². The molecule has 1 aromatic carbocycles. The van der Waals surface area contributed by atoms with Gasteiger partial charge in [0.1, 0.15) is 0 Å². The molecule has 1 saturated heterocycles. The molecule has 7 nitrogen and oxygen atoms in total. The lowest BCUT2D eigenvalue weighted by Crippen LogP contribution is -2.48. The molecule has 0 saturated carbocycles. The normalized spacial score (nSPS) is 17.1. The SMILES string of the molecule is CCCc1noc(CN2CCN(S(=O)(=O)c3cccc(C(F)(F)F)c3)CC2)n1. The average Bonchev–Trinajstić information content (AvgIpc) is 3.09. The van der Waals surface area contributed by atoms with Gasteiger partial charge in [-0.15, -0.1) is 0 Å². The number of hydrogen-bond donors (Lipinski definition) is 0. The molecule has 1 aliphatic rings. The number of halogens is 3. The molecule has 0 amide bonds. The predicted octanol–water partition coefficient (Wildman–Crippen LogP) is 2.55. The van der Waals surface area contributed by atoms with Gasteiger partial charge in [-0.1, -0.05) is 18.1 Å². The second-order valence-corrected chi connectivity index (χ2v) is 8.50. The Labute approximate surface area is 161 Å². The van der Waals surface area contributed by atoms with Crippen LogP contribution in [0.1, 0.15) is 30.6 Å². The molecule has 1 aliphatic heterocycles. The van der Waals surface area contributed by atoms with Gasteiger partial charge in [0.25, 0.3) is 0 Å². The lowest BCUT2D eigenvalue weighted by atomic mass is 10.2. The van der Waals surface area contributed by atoms with Crippen molar-refractivity contribution in [3.8, 4) is 0 Å². The molecule has 3 rings (SSSR count). The van der Waals surface area contributed by atoms with E-state index >= 15 is 0 Å². The van der Waals surface area contributed by atoms with Crippen molar-refractivity contribution in [2.75, 3.05) is 26.2 Å². The van der Waals surface area contributed by atoms with Crippen LogP contribution in [0, 0.1) is 0 Å². The minimum atomic E-state index is -4.59. The molecule has 11 heteroatoms. The molecule has 0 unspecified atom stereocenters. The molecular formula is C17H21F3N4O3S. The smallest absolute Gasteiger partial charge is 0.338 e. The van der Waals surface area contributed by atoms with E-state index in [1.54, 1.807) is 0 Å². The van der Waals surface area contributed by atoms with E-state index in [0.29, 0.717) is 37.4 Å². The van der Waals surface area contributed by atoms with Crippen molar-refractivity contribution in [3.05, 3.63) is 41.5 Å². The predicted molar refractivity (Wildman–Crippen MR) is 93.8 cm³/mol. The molecule has 2 aromatic rings. The minimum absolute atomic E-state index is 0.175. The van der Waals surface area contributed by atoms with Crippen molar-refractivity contribution < 1.29 is 26.1 Å². The van der Waals surface area contributed by atoms with Gasteiger partial charge in [0, 0.05) is 32.6 Å². The van der Waals surface area contributed by atoms with Crippen LogP contribution >= 0.6 is 0 Å². The van der Waals surface area contributed by atoms with Crippen LogP contribution in [0.2, 0.25) is 0 Å². The fourth-order valence-electron chi connectivity index (χ4n) is 2.98. The first-order valence-corrected chi connectivity index (χ1v) is 10.4. The number of piperazine rings is 1. The Bertz CT molecular complexity index is 906. The third-order valence-corrected chi connectivity index (χ3v) is 6.37. The number of benzene rings is 1. The number of sulfonamides is 1. The molecule has 1 fully saturated rings. The second-order valence-electron chi connectivity index (χ2n) is 6.56. The maximum Gasteiger partial charge on any atom is 0.416 e. The van der Waals surface area contributed by atoms with Crippen molar-refractivity contribution in [1.29, 1.82) is 0 Å². The average molecular weight is 418 g/mol. The summed E-state index contributed by atoms with van der Waals surface area (Å²) in [5, 5.41) is 3.88. The summed E-state index contributed by atoms with van der Waals surface area (Å²) >= 11 is 0. The monoisotopic (exact) mass is 418 g/mol. The van der Waals surface area contributed by atoms with E-state index in [-0.39, 0.29) is 18.0 Å². The van der Waals surface area contributed by atoms with Crippen LogP contribution in [0.5, 0.6) is 0 Å². The van der Waals surface area contributed by atoms with E-state index in [0.717, 1.165) is 25.0 Å². The van der Waals surface area contributed by atoms with E-state index in [1.165, 1.54) is 10.4 Å². The Morgan fingerprint density at radius 3 is 2.54 bits per heavy atom. The Morgan fingerprint density at radius 2 is 1.89 bits per heavy atom. The zero-order valence-corrected chi connectivity index (χ0v) is 16.1. The number of nitrogens with zero attached hydrogens (tertiary/aromatic N) is 4. The van der Waals surface area contributed by atoms with Gasteiger partial charge in [-0.2, -0.15) is 22.5 Å². The highest BCUT2D eigenvalue weighted by atomic mass is 32.2. The first kappa shape index (κ1) is 20.7. The second kappa shape index (κ2) is 8.18. The molecule has 0 bridgehead atoms. The summed E-state index contributed by atoms with van der Waals surface area (Å²) in [6.07, 6.45) is -2.96. The highest BCUT2D eigenvalue weighted by Gasteiger charge is 2.34. The number of rotatable bonds is 6. The Morgan fingerprint density at radius 1 is 1.18 bits per heavy atom. The zero-order valence-electron chi connectivity index (χ0n) is 15.3. The maximum atomic E-state index is 12.9. The highest BCUT2D eigenvalue weighted by Crippen LogP contribution is 2.31. The Kier molecular flexibility index (Phi) is 6.06. The molecule has 1 aromatic heterocycles. The van der Waals surface area contributed by atoms with Crippen molar-refractivity contribution in [1.82, 2.24) is 19.3 Å². The first-order valence-electron chi connectivity index (χ1n) is 8.91.